The molecule has 0 aliphatic carbocycles. The van der Waals surface area contributed by atoms with E-state index >= 15 is 0 Å². The van der Waals surface area contributed by atoms with E-state index in [0.717, 1.165) is 12.1 Å². The molecule has 0 fully saturated rings. The Kier molecular flexibility index (Phi) is 2.48. The van der Waals surface area contributed by atoms with Crippen LogP contribution in [0.3, 0.4) is 0 Å². The molecule has 68 valence electrons. The minimum atomic E-state index is -1.31. The van der Waals surface area contributed by atoms with Gasteiger partial charge in [-0.05, 0) is 12.1 Å². The molecule has 1 aromatic heterocycles. The van der Waals surface area contributed by atoms with E-state index in [-0.39, 0.29) is 16.4 Å². The highest BCUT2D eigenvalue weighted by Gasteiger charge is 2.11. The van der Waals surface area contributed by atoms with Gasteiger partial charge in [-0.15, -0.1) is 0 Å². The van der Waals surface area contributed by atoms with Crippen LogP contribution in [0.5, 0.6) is 0 Å². The zero-order valence-electron chi connectivity index (χ0n) is 6.19. The second kappa shape index (κ2) is 3.40. The molecule has 1 aromatic rings. The molecule has 13 heavy (non-hydrogen) atoms. The Bertz CT molecular complexity index is 345. The second-order valence-electron chi connectivity index (χ2n) is 2.17. The van der Waals surface area contributed by atoms with Crippen molar-refractivity contribution >= 4 is 23.5 Å². The first-order valence-corrected chi connectivity index (χ1v) is 3.52. The van der Waals surface area contributed by atoms with Crippen LogP contribution in [0, 0.1) is 0 Å². The topological polar surface area (TPSA) is 87.5 Å². The van der Waals surface area contributed by atoms with Gasteiger partial charge >= 0.3 is 11.9 Å². The highest BCUT2D eigenvalue weighted by atomic mass is 35.5. The lowest BCUT2D eigenvalue weighted by atomic mass is 10.2. The van der Waals surface area contributed by atoms with Gasteiger partial charge in [0.2, 0.25) is 0 Å². The molecular formula is C7H4ClNO4. The van der Waals surface area contributed by atoms with Crippen LogP contribution in [0.4, 0.5) is 0 Å². The van der Waals surface area contributed by atoms with Gasteiger partial charge in [0, 0.05) is 0 Å². The van der Waals surface area contributed by atoms with E-state index in [4.69, 9.17) is 21.8 Å². The van der Waals surface area contributed by atoms with Gasteiger partial charge in [0.1, 0.15) is 5.15 Å². The zero-order chi connectivity index (χ0) is 10.0. The molecule has 0 atom stereocenters. The number of rotatable bonds is 2. The third-order valence-electron chi connectivity index (χ3n) is 1.26. The Morgan fingerprint density at radius 3 is 2.31 bits per heavy atom. The van der Waals surface area contributed by atoms with Gasteiger partial charge in [-0.3, -0.25) is 0 Å². The van der Waals surface area contributed by atoms with Gasteiger partial charge in [0.25, 0.3) is 0 Å². The molecule has 2 N–H and O–H groups in total. The summed E-state index contributed by atoms with van der Waals surface area (Å²) in [6, 6.07) is 2.02. The van der Waals surface area contributed by atoms with Crippen molar-refractivity contribution in [1.82, 2.24) is 4.98 Å². The molecule has 0 aromatic carbocycles. The third-order valence-corrected chi connectivity index (χ3v) is 1.45. The summed E-state index contributed by atoms with van der Waals surface area (Å²) in [5, 5.41) is 16.9. The molecule has 0 saturated carbocycles. The first-order chi connectivity index (χ1) is 6.00. The van der Waals surface area contributed by atoms with Crippen LogP contribution in [0.2, 0.25) is 5.15 Å². The largest absolute Gasteiger partial charge is 0.478 e. The number of carboxylic acid groups (broad SMARTS) is 2. The van der Waals surface area contributed by atoms with Crippen LogP contribution >= 0.6 is 11.6 Å². The SMILES string of the molecule is O=C(O)c1cc(Cl)nc(C(=O)O)c1. The van der Waals surface area contributed by atoms with Crippen molar-refractivity contribution in [3.63, 3.8) is 0 Å². The minimum Gasteiger partial charge on any atom is -0.478 e. The zero-order valence-corrected chi connectivity index (χ0v) is 6.95. The summed E-state index contributed by atoms with van der Waals surface area (Å²) in [6.45, 7) is 0. The van der Waals surface area contributed by atoms with Gasteiger partial charge in [-0.1, -0.05) is 11.6 Å². The van der Waals surface area contributed by atoms with Crippen LogP contribution in [0.15, 0.2) is 12.1 Å². The van der Waals surface area contributed by atoms with Crippen molar-refractivity contribution in [2.75, 3.05) is 0 Å². The smallest absolute Gasteiger partial charge is 0.354 e. The van der Waals surface area contributed by atoms with E-state index in [1.54, 1.807) is 0 Å². The van der Waals surface area contributed by atoms with E-state index in [9.17, 15) is 9.59 Å². The maximum atomic E-state index is 10.4. The van der Waals surface area contributed by atoms with Crippen molar-refractivity contribution in [3.05, 3.63) is 28.5 Å². The number of hydrogen-bond donors (Lipinski definition) is 2. The Labute approximate surface area is 77.6 Å². The normalized spacial score (nSPS) is 9.62. The summed E-state index contributed by atoms with van der Waals surface area (Å²) in [5.74, 6) is -2.56. The number of pyridine rings is 1. The number of aromatic carboxylic acids is 2. The molecule has 0 saturated heterocycles. The number of carbonyl (C=O) groups is 2. The molecule has 0 amide bonds. The number of hydrogen-bond acceptors (Lipinski definition) is 3. The molecular weight excluding hydrogens is 198 g/mol. The van der Waals surface area contributed by atoms with E-state index in [0.29, 0.717) is 0 Å². The highest BCUT2D eigenvalue weighted by molar-refractivity contribution is 6.29. The maximum Gasteiger partial charge on any atom is 0.354 e. The summed E-state index contributed by atoms with van der Waals surface area (Å²) in [7, 11) is 0. The van der Waals surface area contributed by atoms with E-state index in [1.165, 1.54) is 0 Å². The molecule has 6 heteroatoms. The Morgan fingerprint density at radius 2 is 1.85 bits per heavy atom. The van der Waals surface area contributed by atoms with Crippen LogP contribution in [0.1, 0.15) is 20.8 Å². The van der Waals surface area contributed by atoms with E-state index < -0.39 is 11.9 Å². The van der Waals surface area contributed by atoms with Crippen LogP contribution in [0.25, 0.3) is 0 Å². The Balaban J connectivity index is 3.26. The number of aromatic nitrogens is 1. The summed E-state index contributed by atoms with van der Waals surface area (Å²) in [4.78, 5) is 24.3. The predicted molar refractivity (Wildman–Crippen MR) is 43.2 cm³/mol. The van der Waals surface area contributed by atoms with Crippen molar-refractivity contribution in [3.8, 4) is 0 Å². The predicted octanol–water partition coefficient (Wildman–Crippen LogP) is 1.13. The quantitative estimate of drug-likeness (QED) is 0.701. The molecule has 1 heterocycles. The fraction of sp³-hybridized carbons (Fsp3) is 0. The fourth-order valence-corrected chi connectivity index (χ4v) is 0.939. The van der Waals surface area contributed by atoms with Crippen molar-refractivity contribution < 1.29 is 19.8 Å². The van der Waals surface area contributed by atoms with Crippen molar-refractivity contribution in [2.24, 2.45) is 0 Å². The molecule has 0 aliphatic rings. The first kappa shape index (κ1) is 9.47. The molecule has 0 unspecified atom stereocenters. The van der Waals surface area contributed by atoms with Crippen LogP contribution in [-0.2, 0) is 0 Å². The van der Waals surface area contributed by atoms with Gasteiger partial charge in [0.05, 0.1) is 5.56 Å². The molecule has 0 radical (unpaired) electrons. The van der Waals surface area contributed by atoms with Gasteiger partial charge < -0.3 is 10.2 Å². The van der Waals surface area contributed by atoms with Crippen LogP contribution < -0.4 is 0 Å². The molecule has 1 rings (SSSR count). The summed E-state index contributed by atoms with van der Waals surface area (Å²) in [5.41, 5.74) is -0.581. The molecule has 0 spiro atoms. The Hall–Kier alpha value is -1.62. The first-order valence-electron chi connectivity index (χ1n) is 3.15. The van der Waals surface area contributed by atoms with E-state index in [2.05, 4.69) is 4.98 Å². The molecule has 5 nitrogen and oxygen atoms in total. The highest BCUT2D eigenvalue weighted by Crippen LogP contribution is 2.10. The lowest BCUT2D eigenvalue weighted by molar-refractivity contribution is 0.0690. The fourth-order valence-electron chi connectivity index (χ4n) is 0.730. The van der Waals surface area contributed by atoms with Gasteiger partial charge in [-0.25, -0.2) is 14.6 Å². The average Bonchev–Trinajstić information content (AvgIpc) is 2.03. The van der Waals surface area contributed by atoms with Crippen molar-refractivity contribution in [2.45, 2.75) is 0 Å². The van der Waals surface area contributed by atoms with E-state index in [1.807, 2.05) is 0 Å². The average molecular weight is 202 g/mol. The number of nitrogens with zero attached hydrogens (tertiary/aromatic N) is 1. The summed E-state index contributed by atoms with van der Waals surface area (Å²) < 4.78 is 0. The summed E-state index contributed by atoms with van der Waals surface area (Å²) >= 11 is 5.40. The number of carboxylic acids is 2. The standard InChI is InChI=1S/C7H4ClNO4/c8-5-2-3(6(10)11)1-4(9-5)7(12)13/h1-2H,(H,10,11)(H,12,13). The third kappa shape index (κ3) is 2.16. The maximum absolute atomic E-state index is 10.4. The Morgan fingerprint density at radius 1 is 1.23 bits per heavy atom. The lowest BCUT2D eigenvalue weighted by Crippen LogP contribution is -2.04. The lowest BCUT2D eigenvalue weighted by Gasteiger charge is -1.97. The minimum absolute atomic E-state index is 0.155. The van der Waals surface area contributed by atoms with Crippen molar-refractivity contribution in [1.29, 1.82) is 0 Å². The van der Waals surface area contributed by atoms with Gasteiger partial charge in [-0.2, -0.15) is 0 Å². The second-order valence-corrected chi connectivity index (χ2v) is 2.56. The molecule has 0 bridgehead atoms. The van der Waals surface area contributed by atoms with Gasteiger partial charge in [0.15, 0.2) is 5.69 Å². The summed E-state index contributed by atoms with van der Waals surface area (Å²) in [6.07, 6.45) is 0. The van der Waals surface area contributed by atoms with Crippen LogP contribution in [-0.4, -0.2) is 27.1 Å². The monoisotopic (exact) mass is 201 g/mol. The number of halogens is 1. The molecule has 0 aliphatic heterocycles.